The molecule has 2 aliphatic rings. The van der Waals surface area contributed by atoms with Crippen LogP contribution in [0.25, 0.3) is 5.82 Å². The molecule has 126 valence electrons. The fourth-order valence-corrected chi connectivity index (χ4v) is 3.68. The van der Waals surface area contributed by atoms with E-state index in [0.29, 0.717) is 5.91 Å². The Labute approximate surface area is 141 Å². The molecule has 0 radical (unpaired) electrons. The second kappa shape index (κ2) is 6.34. The molecule has 0 spiro atoms. The van der Waals surface area contributed by atoms with Gasteiger partial charge in [-0.15, -0.1) is 0 Å². The van der Waals surface area contributed by atoms with Crippen LogP contribution in [0.15, 0.2) is 24.8 Å². The van der Waals surface area contributed by atoms with Gasteiger partial charge in [0.2, 0.25) is 5.91 Å². The van der Waals surface area contributed by atoms with Gasteiger partial charge in [0.25, 0.3) is 0 Å². The molecule has 1 saturated heterocycles. The van der Waals surface area contributed by atoms with Crippen molar-refractivity contribution in [1.82, 2.24) is 24.4 Å². The van der Waals surface area contributed by atoms with E-state index in [1.54, 1.807) is 12.4 Å². The van der Waals surface area contributed by atoms with Gasteiger partial charge >= 0.3 is 0 Å². The summed E-state index contributed by atoms with van der Waals surface area (Å²) < 4.78 is 1.98. The number of carbonyl (C=O) groups excluding carboxylic acids is 1. The highest BCUT2D eigenvalue weighted by atomic mass is 16.2. The van der Waals surface area contributed by atoms with Crippen LogP contribution in [-0.4, -0.2) is 36.9 Å². The number of nitrogens with zero attached hydrogens (tertiary/aromatic N) is 5. The van der Waals surface area contributed by atoms with E-state index in [0.717, 1.165) is 56.0 Å². The minimum absolute atomic E-state index is 0.0687. The molecule has 1 atom stereocenters. The van der Waals surface area contributed by atoms with Gasteiger partial charge in [-0.05, 0) is 25.7 Å². The highest BCUT2D eigenvalue weighted by molar-refractivity contribution is 5.80. The van der Waals surface area contributed by atoms with Crippen molar-refractivity contribution in [3.63, 3.8) is 0 Å². The summed E-state index contributed by atoms with van der Waals surface area (Å²) in [5.41, 5.74) is 0.897. The van der Waals surface area contributed by atoms with Crippen LogP contribution in [0.4, 0.5) is 0 Å². The van der Waals surface area contributed by atoms with Gasteiger partial charge in [0.05, 0.1) is 24.1 Å². The Morgan fingerprint density at radius 1 is 1.25 bits per heavy atom. The Bertz CT molecular complexity index is 737. The minimum atomic E-state index is 0.0687. The first kappa shape index (κ1) is 15.3. The van der Waals surface area contributed by atoms with E-state index in [9.17, 15) is 4.79 Å². The largest absolute Gasteiger partial charge is 0.334 e. The maximum atomic E-state index is 12.7. The van der Waals surface area contributed by atoms with Crippen LogP contribution in [0, 0.1) is 5.92 Å². The zero-order valence-corrected chi connectivity index (χ0v) is 14.1. The third-order valence-electron chi connectivity index (χ3n) is 5.25. The molecular weight excluding hydrogens is 302 g/mol. The summed E-state index contributed by atoms with van der Waals surface area (Å²) in [5.74, 6) is 2.30. The Hall–Kier alpha value is -2.24. The Morgan fingerprint density at radius 2 is 2.12 bits per heavy atom. The molecule has 2 fully saturated rings. The van der Waals surface area contributed by atoms with E-state index in [4.69, 9.17) is 4.98 Å². The molecule has 0 N–H and O–H groups in total. The van der Waals surface area contributed by atoms with Gasteiger partial charge in [-0.3, -0.25) is 14.3 Å². The van der Waals surface area contributed by atoms with Crippen molar-refractivity contribution in [3.05, 3.63) is 36.3 Å². The number of rotatable bonds is 4. The van der Waals surface area contributed by atoms with E-state index < -0.39 is 0 Å². The molecule has 4 rings (SSSR count). The van der Waals surface area contributed by atoms with Crippen molar-refractivity contribution in [2.45, 2.75) is 51.5 Å². The zero-order chi connectivity index (χ0) is 16.5. The smallest absolute Gasteiger partial charge is 0.226 e. The fourth-order valence-electron chi connectivity index (χ4n) is 3.68. The lowest BCUT2D eigenvalue weighted by Gasteiger charge is -2.32. The molecule has 2 aromatic rings. The van der Waals surface area contributed by atoms with Gasteiger partial charge in [0.1, 0.15) is 5.82 Å². The maximum Gasteiger partial charge on any atom is 0.226 e. The van der Waals surface area contributed by atoms with Gasteiger partial charge in [-0.25, -0.2) is 9.97 Å². The van der Waals surface area contributed by atoms with Crippen LogP contribution in [0.2, 0.25) is 0 Å². The lowest BCUT2D eigenvalue weighted by atomic mass is 9.84. The summed E-state index contributed by atoms with van der Waals surface area (Å²) in [6, 6.07) is 0.0687. The Balaban J connectivity index is 1.61. The number of hydrogen-bond donors (Lipinski definition) is 0. The first-order valence-electron chi connectivity index (χ1n) is 8.93. The van der Waals surface area contributed by atoms with E-state index in [1.165, 1.54) is 6.42 Å². The van der Waals surface area contributed by atoms with Crippen LogP contribution < -0.4 is 0 Å². The van der Waals surface area contributed by atoms with Crippen molar-refractivity contribution in [3.8, 4) is 5.82 Å². The maximum absolute atomic E-state index is 12.7. The van der Waals surface area contributed by atoms with Gasteiger partial charge in [-0.1, -0.05) is 13.3 Å². The zero-order valence-electron chi connectivity index (χ0n) is 14.1. The first-order chi connectivity index (χ1) is 11.8. The van der Waals surface area contributed by atoms with Crippen LogP contribution in [0.5, 0.6) is 0 Å². The van der Waals surface area contributed by atoms with Gasteiger partial charge < -0.3 is 4.90 Å². The molecule has 0 aromatic carbocycles. The molecule has 6 heteroatoms. The van der Waals surface area contributed by atoms with Gasteiger partial charge in [0, 0.05) is 31.3 Å². The molecule has 1 amide bonds. The van der Waals surface area contributed by atoms with Gasteiger partial charge in [-0.2, -0.15) is 0 Å². The predicted octanol–water partition coefficient (Wildman–Crippen LogP) is 2.69. The summed E-state index contributed by atoms with van der Waals surface area (Å²) in [5, 5.41) is 0. The third-order valence-corrected chi connectivity index (χ3v) is 5.25. The molecule has 3 heterocycles. The number of likely N-dealkylation sites (tertiary alicyclic amines) is 1. The molecule has 1 saturated carbocycles. The summed E-state index contributed by atoms with van der Waals surface area (Å²) in [6.07, 6.45) is 13.4. The van der Waals surface area contributed by atoms with Crippen molar-refractivity contribution < 1.29 is 4.79 Å². The lowest BCUT2D eigenvalue weighted by Crippen LogP contribution is -2.38. The van der Waals surface area contributed by atoms with Crippen LogP contribution in [0.1, 0.15) is 56.6 Å². The molecule has 2 aromatic heterocycles. The molecule has 24 heavy (non-hydrogen) atoms. The summed E-state index contributed by atoms with van der Waals surface area (Å²) in [7, 11) is 0. The predicted molar refractivity (Wildman–Crippen MR) is 89.6 cm³/mol. The number of hydrogen-bond acceptors (Lipinski definition) is 4. The standard InChI is InChI=1S/C18H23N5O/c1-2-16-20-8-10-23(16)17-12-19-11-14(21-17)15-7-4-9-22(15)18(24)13-5-3-6-13/h8,10-13,15H,2-7,9H2,1H3/t15-/m1/s1. The number of aromatic nitrogens is 4. The van der Waals surface area contributed by atoms with E-state index >= 15 is 0 Å². The summed E-state index contributed by atoms with van der Waals surface area (Å²) in [4.78, 5) is 28.3. The average molecular weight is 325 g/mol. The van der Waals surface area contributed by atoms with Gasteiger partial charge in [0.15, 0.2) is 5.82 Å². The number of carbonyl (C=O) groups is 1. The van der Waals surface area contributed by atoms with Crippen molar-refractivity contribution in [2.75, 3.05) is 6.54 Å². The van der Waals surface area contributed by atoms with Crippen LogP contribution >= 0.6 is 0 Å². The van der Waals surface area contributed by atoms with E-state index in [2.05, 4.69) is 16.9 Å². The highest BCUT2D eigenvalue weighted by Crippen LogP contribution is 2.36. The second-order valence-corrected chi connectivity index (χ2v) is 6.69. The Morgan fingerprint density at radius 3 is 2.88 bits per heavy atom. The van der Waals surface area contributed by atoms with Crippen molar-refractivity contribution in [1.29, 1.82) is 0 Å². The summed E-state index contributed by atoms with van der Waals surface area (Å²) in [6.45, 7) is 2.92. The first-order valence-corrected chi connectivity index (χ1v) is 8.93. The van der Waals surface area contributed by atoms with E-state index in [1.807, 2.05) is 21.9 Å². The monoisotopic (exact) mass is 325 g/mol. The molecule has 1 aliphatic carbocycles. The third kappa shape index (κ3) is 2.60. The molecule has 6 nitrogen and oxygen atoms in total. The molecule has 0 bridgehead atoms. The fraction of sp³-hybridized carbons (Fsp3) is 0.556. The average Bonchev–Trinajstić information content (AvgIpc) is 3.22. The van der Waals surface area contributed by atoms with Crippen LogP contribution in [0.3, 0.4) is 0 Å². The van der Waals surface area contributed by atoms with Crippen molar-refractivity contribution >= 4 is 5.91 Å². The van der Waals surface area contributed by atoms with Crippen LogP contribution in [-0.2, 0) is 11.2 Å². The van der Waals surface area contributed by atoms with E-state index in [-0.39, 0.29) is 12.0 Å². The highest BCUT2D eigenvalue weighted by Gasteiger charge is 2.37. The van der Waals surface area contributed by atoms with Crippen molar-refractivity contribution in [2.24, 2.45) is 5.92 Å². The lowest BCUT2D eigenvalue weighted by molar-refractivity contribution is -0.139. The summed E-state index contributed by atoms with van der Waals surface area (Å²) >= 11 is 0. The number of amides is 1. The molecule has 1 aliphatic heterocycles. The topological polar surface area (TPSA) is 63.9 Å². The second-order valence-electron chi connectivity index (χ2n) is 6.69. The molecular formula is C18H23N5O. The SMILES string of the molecule is CCc1nccn1-c1cncc([C@H]2CCCN2C(=O)C2CCC2)n1. The quantitative estimate of drug-likeness (QED) is 0.867. The number of imidazole rings is 1. The molecule has 0 unspecified atom stereocenters. The minimum Gasteiger partial charge on any atom is -0.334 e. The Kier molecular flexibility index (Phi) is 4.04. The number of aryl methyl sites for hydroxylation is 1. The normalized spacial score (nSPS) is 21.0.